The number of benzene rings is 3. The van der Waals surface area contributed by atoms with Crippen LogP contribution in [0.5, 0.6) is 0 Å². The number of thioether (sulfide) groups is 2. The molecule has 1 fully saturated rings. The van der Waals surface area contributed by atoms with Crippen LogP contribution in [0.4, 0.5) is 9.93 Å². The van der Waals surface area contributed by atoms with Crippen LogP contribution in [-0.4, -0.2) is 80.4 Å². The molecule has 2 aliphatic rings. The molecule has 0 aliphatic carbocycles. The van der Waals surface area contributed by atoms with Crippen LogP contribution in [0.25, 0.3) is 0 Å². The number of rotatable bonds is 13. The van der Waals surface area contributed by atoms with Gasteiger partial charge in [-0.25, -0.2) is 14.6 Å². The Morgan fingerprint density at radius 2 is 1.54 bits per heavy atom. The van der Waals surface area contributed by atoms with E-state index in [-0.39, 0.29) is 28.2 Å². The molecule has 1 saturated heterocycles. The van der Waals surface area contributed by atoms with Crippen LogP contribution < -0.4 is 10.6 Å². The van der Waals surface area contributed by atoms with Crippen LogP contribution in [0.15, 0.2) is 112 Å². The summed E-state index contributed by atoms with van der Waals surface area (Å²) in [6.07, 6.45) is -0.737. The van der Waals surface area contributed by atoms with E-state index in [1.54, 1.807) is 20.8 Å². The molecular weight excluding hydrogens is 751 g/mol. The van der Waals surface area contributed by atoms with Gasteiger partial charge in [-0.05, 0) is 20.8 Å². The molecule has 4 aromatic rings. The van der Waals surface area contributed by atoms with Crippen molar-refractivity contribution in [3.63, 3.8) is 0 Å². The molecule has 16 heteroatoms. The van der Waals surface area contributed by atoms with Crippen LogP contribution in [0.1, 0.15) is 43.2 Å². The van der Waals surface area contributed by atoms with Gasteiger partial charge in [0.15, 0.2) is 10.8 Å². The van der Waals surface area contributed by atoms with E-state index in [9.17, 15) is 24.3 Å². The number of anilines is 1. The molecule has 13 nitrogen and oxygen atoms in total. The highest BCUT2D eigenvalue weighted by atomic mass is 32.2. The minimum atomic E-state index is -1.36. The molecule has 3 N–H and O–H groups in total. The smallest absolute Gasteiger partial charge is 0.413 e. The van der Waals surface area contributed by atoms with Gasteiger partial charge in [0.1, 0.15) is 28.4 Å². The predicted octanol–water partition coefficient (Wildman–Crippen LogP) is 6.24. The number of thiazole rings is 1. The Bertz CT molecular complexity index is 1970. The van der Waals surface area contributed by atoms with Crippen molar-refractivity contribution in [2.45, 2.75) is 43.4 Å². The number of ether oxygens (including phenoxy) is 2. The number of methoxy groups -OCH3 is 1. The van der Waals surface area contributed by atoms with Crippen molar-refractivity contribution >= 4 is 69.6 Å². The lowest BCUT2D eigenvalue weighted by molar-refractivity contribution is -0.150. The number of β-lactam (4-membered cyclic amide) rings is 1. The maximum Gasteiger partial charge on any atom is 0.413 e. The lowest BCUT2D eigenvalue weighted by atomic mass is 9.80. The first-order valence-electron chi connectivity index (χ1n) is 16.7. The van der Waals surface area contributed by atoms with E-state index in [1.165, 1.54) is 40.9 Å². The fraction of sp³-hybridized carbons (Fsp3) is 0.263. The Morgan fingerprint density at radius 1 is 0.963 bits per heavy atom. The average Bonchev–Trinajstić information content (AvgIpc) is 3.62. The second kappa shape index (κ2) is 16.5. The monoisotopic (exact) mass is 787 g/mol. The molecular formula is C38H37N5O8S3. The molecule has 6 rings (SSSR count). The van der Waals surface area contributed by atoms with Crippen LogP contribution in [0.2, 0.25) is 0 Å². The van der Waals surface area contributed by atoms with Gasteiger partial charge in [-0.15, -0.1) is 23.1 Å². The van der Waals surface area contributed by atoms with Crippen molar-refractivity contribution < 1.29 is 38.6 Å². The molecule has 0 bridgehead atoms. The highest BCUT2D eigenvalue weighted by Gasteiger charge is 2.54. The van der Waals surface area contributed by atoms with Crippen LogP contribution in [0, 0.1) is 0 Å². The summed E-state index contributed by atoms with van der Waals surface area (Å²) in [5, 5.41) is 20.9. The Labute approximate surface area is 324 Å². The zero-order valence-corrected chi connectivity index (χ0v) is 32.1. The molecule has 2 atom stereocenters. The molecule has 0 spiro atoms. The average molecular weight is 788 g/mol. The van der Waals surface area contributed by atoms with Gasteiger partial charge in [0.2, 0.25) is 5.60 Å². The first-order chi connectivity index (χ1) is 25.9. The van der Waals surface area contributed by atoms with Gasteiger partial charge in [0, 0.05) is 39.8 Å². The van der Waals surface area contributed by atoms with Gasteiger partial charge >= 0.3 is 12.1 Å². The van der Waals surface area contributed by atoms with E-state index in [4.69, 9.17) is 14.3 Å². The highest BCUT2D eigenvalue weighted by Crippen LogP contribution is 2.44. The molecule has 2 aliphatic heterocycles. The van der Waals surface area contributed by atoms with E-state index >= 15 is 0 Å². The maximum atomic E-state index is 14.3. The van der Waals surface area contributed by atoms with Crippen LogP contribution in [0.3, 0.4) is 0 Å². The third-order valence-electron chi connectivity index (χ3n) is 8.16. The number of fused-ring (bicyclic) bond motifs is 1. The quantitative estimate of drug-likeness (QED) is 0.0462. The number of aliphatic carboxylic acids is 1. The first kappa shape index (κ1) is 38.6. The minimum absolute atomic E-state index is 0.0518. The maximum absolute atomic E-state index is 14.3. The van der Waals surface area contributed by atoms with Crippen LogP contribution >= 0.6 is 34.9 Å². The molecule has 1 aromatic heterocycles. The van der Waals surface area contributed by atoms with E-state index in [1.807, 2.05) is 91.0 Å². The number of nitrogens with zero attached hydrogens (tertiary/aromatic N) is 3. The summed E-state index contributed by atoms with van der Waals surface area (Å²) >= 11 is 3.56. The van der Waals surface area contributed by atoms with Crippen molar-refractivity contribution in [2.24, 2.45) is 5.16 Å². The lowest BCUT2D eigenvalue weighted by Gasteiger charge is -2.49. The zero-order valence-electron chi connectivity index (χ0n) is 29.7. The largest absolute Gasteiger partial charge is 0.477 e. The minimum Gasteiger partial charge on any atom is -0.477 e. The SMILES string of the molecule is COCSC1=C(C(=O)O)N2C(=O)[C@@H](NC(=O)/C(=N\OC(c3ccccc3)(c3ccccc3)c3ccccc3)c3csc(NC(=O)OC(C)(C)C)n3)[C@H]2SC1. The molecule has 3 amide bonds. The molecule has 0 radical (unpaired) electrons. The predicted molar refractivity (Wildman–Crippen MR) is 208 cm³/mol. The molecule has 3 heterocycles. The van der Waals surface area contributed by atoms with Gasteiger partial charge in [-0.3, -0.25) is 19.8 Å². The van der Waals surface area contributed by atoms with Gasteiger partial charge in [0.25, 0.3) is 11.8 Å². The summed E-state index contributed by atoms with van der Waals surface area (Å²) < 4.78 is 10.5. The summed E-state index contributed by atoms with van der Waals surface area (Å²) in [4.78, 5) is 65.5. The molecule has 0 saturated carbocycles. The van der Waals surface area contributed by atoms with Crippen molar-refractivity contribution in [3.8, 4) is 0 Å². The zero-order chi connectivity index (χ0) is 38.5. The Hall–Kier alpha value is -5.16. The summed E-state index contributed by atoms with van der Waals surface area (Å²) in [6.45, 7) is 5.19. The molecule has 54 heavy (non-hydrogen) atoms. The lowest BCUT2D eigenvalue weighted by Crippen LogP contribution is -2.71. The highest BCUT2D eigenvalue weighted by molar-refractivity contribution is 8.06. The third-order valence-corrected chi connectivity index (χ3v) is 11.4. The number of oxime groups is 1. The van der Waals surface area contributed by atoms with Gasteiger partial charge < -0.3 is 24.7 Å². The van der Waals surface area contributed by atoms with Crippen molar-refractivity contribution in [1.82, 2.24) is 15.2 Å². The summed E-state index contributed by atoms with van der Waals surface area (Å²) in [6, 6.07) is 27.2. The van der Waals surface area contributed by atoms with Crippen LogP contribution in [-0.2, 0) is 34.3 Å². The Morgan fingerprint density at radius 3 is 2.06 bits per heavy atom. The molecule has 280 valence electrons. The third kappa shape index (κ3) is 8.16. The fourth-order valence-electron chi connectivity index (χ4n) is 5.87. The standard InChI is InChI=1S/C38H37N5O8S3/c1-37(2,3)50-36(48)41-35-39-26(20-53-35)28(31(44)40-29-32(45)43-30(34(46)47)27(54-22-49-4)21-52-33(29)43)42-51-38(23-14-8-5-9-15-23,24-16-10-6-11-17-24)25-18-12-7-13-19-25/h5-20,29,33H,21-22H2,1-4H3,(H,40,44)(H,46,47)(H,39,41,48)/b42-28-/t29-,33-/m1/s1. The number of carbonyl (C=O) groups excluding carboxylic acids is 3. The van der Waals surface area contributed by atoms with Gasteiger partial charge in [0.05, 0.1) is 5.94 Å². The van der Waals surface area contributed by atoms with Gasteiger partial charge in [-0.2, -0.15) is 0 Å². The number of nitrogens with one attached hydrogen (secondary N) is 2. The first-order valence-corrected chi connectivity index (χ1v) is 19.6. The summed E-state index contributed by atoms with van der Waals surface area (Å²) in [5.74, 6) is -2.12. The van der Waals surface area contributed by atoms with Gasteiger partial charge in [-0.1, -0.05) is 108 Å². The number of amides is 3. The molecule has 3 aromatic carbocycles. The summed E-state index contributed by atoms with van der Waals surface area (Å²) in [7, 11) is 1.50. The number of carboxylic acid groups (broad SMARTS) is 1. The van der Waals surface area contributed by atoms with Crippen molar-refractivity contribution in [3.05, 3.63) is 129 Å². The van der Waals surface area contributed by atoms with Crippen molar-refractivity contribution in [2.75, 3.05) is 24.1 Å². The fourth-order valence-corrected chi connectivity index (χ4v) is 8.86. The van der Waals surface area contributed by atoms with E-state index in [2.05, 4.69) is 20.8 Å². The number of carbonyl (C=O) groups is 4. The van der Waals surface area contributed by atoms with Crippen molar-refractivity contribution in [1.29, 1.82) is 0 Å². The Balaban J connectivity index is 1.39. The second-order valence-electron chi connectivity index (χ2n) is 13.0. The van der Waals surface area contributed by atoms with E-state index in [0.29, 0.717) is 10.7 Å². The van der Waals surface area contributed by atoms with E-state index in [0.717, 1.165) is 28.0 Å². The second-order valence-corrected chi connectivity index (χ2v) is 15.9. The van der Waals surface area contributed by atoms with E-state index < -0.39 is 46.5 Å². The summed E-state index contributed by atoms with van der Waals surface area (Å²) in [5.41, 5.74) is -0.337. The number of carboxylic acids is 1. The normalized spacial score (nSPS) is 17.3. The topological polar surface area (TPSA) is 169 Å². The Kier molecular flexibility index (Phi) is 11.8. The number of hydrogen-bond acceptors (Lipinski definition) is 12. The number of aromatic nitrogens is 1. The molecule has 0 unspecified atom stereocenters. The number of hydrogen-bond donors (Lipinski definition) is 3.